The highest BCUT2D eigenvalue weighted by Crippen LogP contribution is 2.19. The average molecular weight is 348 g/mol. The molecule has 25 heavy (non-hydrogen) atoms. The highest BCUT2D eigenvalue weighted by atomic mass is 16.5. The van der Waals surface area contributed by atoms with Crippen LogP contribution in [0.3, 0.4) is 0 Å². The van der Waals surface area contributed by atoms with Crippen LogP contribution in [0.2, 0.25) is 0 Å². The zero-order valence-corrected chi connectivity index (χ0v) is 15.6. The molecule has 0 fully saturated rings. The minimum absolute atomic E-state index is 0.00298. The summed E-state index contributed by atoms with van der Waals surface area (Å²) in [5.41, 5.74) is 0.144. The molecule has 0 aliphatic heterocycles. The lowest BCUT2D eigenvalue weighted by Crippen LogP contribution is -2.20. The summed E-state index contributed by atoms with van der Waals surface area (Å²) in [6.07, 6.45) is 10.7. The van der Waals surface area contributed by atoms with Gasteiger partial charge in [0.05, 0.1) is 11.1 Å². The van der Waals surface area contributed by atoms with Gasteiger partial charge in [-0.15, -0.1) is 0 Å². The summed E-state index contributed by atoms with van der Waals surface area (Å²) in [4.78, 5) is 23.8. The Morgan fingerprint density at radius 1 is 0.880 bits per heavy atom. The maximum Gasteiger partial charge on any atom is 0.339 e. The van der Waals surface area contributed by atoms with Crippen molar-refractivity contribution in [2.24, 2.45) is 0 Å². The highest BCUT2D eigenvalue weighted by molar-refractivity contribution is 6.02. The number of unbranched alkanes of at least 4 members (excludes halogenated alkanes) is 6. The summed E-state index contributed by atoms with van der Waals surface area (Å²) in [6.45, 7) is 4.34. The first-order chi connectivity index (χ1) is 12.1. The summed E-state index contributed by atoms with van der Waals surface area (Å²) in [5, 5.41) is 9.24. The first-order valence-corrected chi connectivity index (χ1v) is 9.63. The standard InChI is InChI=1S/C21H32O4/c1-3-5-7-9-13-17(14-10-8-6-4-2)25-21(24)19-16-12-11-15-18(19)20(22)23/h11-12,15-17H,3-10,13-14H2,1-2H3,(H,22,23). The summed E-state index contributed by atoms with van der Waals surface area (Å²) in [7, 11) is 0. The third kappa shape index (κ3) is 8.19. The molecule has 0 aromatic heterocycles. The van der Waals surface area contributed by atoms with Crippen LogP contribution in [-0.2, 0) is 4.74 Å². The van der Waals surface area contributed by atoms with Crippen molar-refractivity contribution in [1.29, 1.82) is 0 Å². The van der Waals surface area contributed by atoms with Crippen molar-refractivity contribution < 1.29 is 19.4 Å². The molecule has 0 aliphatic rings. The Bertz CT molecular complexity index is 512. The van der Waals surface area contributed by atoms with E-state index in [4.69, 9.17) is 4.74 Å². The quantitative estimate of drug-likeness (QED) is 0.359. The second kappa shape index (κ2) is 12.5. The van der Waals surface area contributed by atoms with Crippen molar-refractivity contribution in [2.45, 2.75) is 84.2 Å². The summed E-state index contributed by atoms with van der Waals surface area (Å²) < 4.78 is 5.69. The molecule has 1 rings (SSSR count). The van der Waals surface area contributed by atoms with E-state index in [2.05, 4.69) is 13.8 Å². The van der Waals surface area contributed by atoms with Gasteiger partial charge in [0.1, 0.15) is 6.10 Å². The third-order valence-electron chi connectivity index (χ3n) is 4.41. The van der Waals surface area contributed by atoms with Gasteiger partial charge in [-0.3, -0.25) is 0 Å². The van der Waals surface area contributed by atoms with Gasteiger partial charge < -0.3 is 9.84 Å². The highest BCUT2D eigenvalue weighted by Gasteiger charge is 2.20. The molecule has 1 N–H and O–H groups in total. The Labute approximate surface area is 151 Å². The lowest BCUT2D eigenvalue weighted by molar-refractivity contribution is 0.0244. The molecule has 0 saturated heterocycles. The fraction of sp³-hybridized carbons (Fsp3) is 0.619. The van der Waals surface area contributed by atoms with Crippen molar-refractivity contribution in [1.82, 2.24) is 0 Å². The van der Waals surface area contributed by atoms with Crippen molar-refractivity contribution in [3.63, 3.8) is 0 Å². The van der Waals surface area contributed by atoms with Crippen LogP contribution in [0.25, 0.3) is 0 Å². The Morgan fingerprint density at radius 3 is 1.88 bits per heavy atom. The zero-order valence-electron chi connectivity index (χ0n) is 15.6. The molecular formula is C21H32O4. The van der Waals surface area contributed by atoms with Gasteiger partial charge in [0.15, 0.2) is 0 Å². The van der Waals surface area contributed by atoms with Crippen LogP contribution in [0.15, 0.2) is 24.3 Å². The second-order valence-electron chi connectivity index (χ2n) is 6.58. The normalized spacial score (nSPS) is 10.8. The molecule has 1 aromatic rings. The lowest BCUT2D eigenvalue weighted by atomic mass is 10.0. The van der Waals surface area contributed by atoms with Gasteiger partial charge in [0, 0.05) is 0 Å². The Balaban J connectivity index is 2.67. The molecule has 0 atom stereocenters. The molecule has 0 radical (unpaired) electrons. The first kappa shape index (κ1) is 21.2. The predicted molar refractivity (Wildman–Crippen MR) is 100 cm³/mol. The van der Waals surface area contributed by atoms with Gasteiger partial charge in [-0.25, -0.2) is 9.59 Å². The SMILES string of the molecule is CCCCCCC(CCCCCC)OC(=O)c1ccccc1C(=O)O. The van der Waals surface area contributed by atoms with Gasteiger partial charge in [-0.05, 0) is 37.8 Å². The minimum atomic E-state index is -1.10. The molecule has 0 amide bonds. The smallest absolute Gasteiger partial charge is 0.339 e. The van der Waals surface area contributed by atoms with Gasteiger partial charge in [-0.1, -0.05) is 64.5 Å². The fourth-order valence-corrected chi connectivity index (χ4v) is 2.92. The third-order valence-corrected chi connectivity index (χ3v) is 4.41. The number of carbonyl (C=O) groups excluding carboxylic acids is 1. The van der Waals surface area contributed by atoms with E-state index in [1.165, 1.54) is 37.8 Å². The number of benzene rings is 1. The predicted octanol–water partition coefficient (Wildman–Crippen LogP) is 5.85. The number of ether oxygens (including phenoxy) is 1. The topological polar surface area (TPSA) is 63.6 Å². The van der Waals surface area contributed by atoms with Crippen molar-refractivity contribution in [3.05, 3.63) is 35.4 Å². The molecule has 4 heteroatoms. The Hall–Kier alpha value is -1.84. The molecule has 0 saturated carbocycles. The van der Waals surface area contributed by atoms with Crippen molar-refractivity contribution >= 4 is 11.9 Å². The first-order valence-electron chi connectivity index (χ1n) is 9.63. The number of rotatable bonds is 13. The molecule has 0 aliphatic carbocycles. The zero-order chi connectivity index (χ0) is 18.5. The average Bonchev–Trinajstić information content (AvgIpc) is 2.61. The van der Waals surface area contributed by atoms with E-state index in [0.29, 0.717) is 0 Å². The summed E-state index contributed by atoms with van der Waals surface area (Å²) in [5.74, 6) is -1.62. The van der Waals surface area contributed by atoms with Crippen LogP contribution in [0, 0.1) is 0 Å². The molecule has 0 heterocycles. The molecule has 0 bridgehead atoms. The van der Waals surface area contributed by atoms with E-state index in [-0.39, 0.29) is 17.2 Å². The number of hydrogen-bond donors (Lipinski definition) is 1. The number of carbonyl (C=O) groups is 2. The van der Waals surface area contributed by atoms with Crippen LogP contribution >= 0.6 is 0 Å². The van der Waals surface area contributed by atoms with Crippen LogP contribution in [0.4, 0.5) is 0 Å². The number of aromatic carboxylic acids is 1. The molecule has 1 aromatic carbocycles. The number of carboxylic acid groups (broad SMARTS) is 1. The summed E-state index contributed by atoms with van der Waals surface area (Å²) >= 11 is 0. The van der Waals surface area contributed by atoms with Gasteiger partial charge >= 0.3 is 11.9 Å². The van der Waals surface area contributed by atoms with E-state index < -0.39 is 11.9 Å². The van der Waals surface area contributed by atoms with Gasteiger partial charge in [0.2, 0.25) is 0 Å². The monoisotopic (exact) mass is 348 g/mol. The van der Waals surface area contributed by atoms with E-state index in [1.807, 2.05) is 0 Å². The fourth-order valence-electron chi connectivity index (χ4n) is 2.92. The molecule has 140 valence electrons. The van der Waals surface area contributed by atoms with Crippen LogP contribution < -0.4 is 0 Å². The molecule has 4 nitrogen and oxygen atoms in total. The van der Waals surface area contributed by atoms with Crippen molar-refractivity contribution in [3.8, 4) is 0 Å². The van der Waals surface area contributed by atoms with E-state index >= 15 is 0 Å². The van der Waals surface area contributed by atoms with E-state index in [1.54, 1.807) is 12.1 Å². The van der Waals surface area contributed by atoms with Gasteiger partial charge in [-0.2, -0.15) is 0 Å². The summed E-state index contributed by atoms with van der Waals surface area (Å²) in [6, 6.07) is 6.25. The Morgan fingerprint density at radius 2 is 1.40 bits per heavy atom. The number of hydrogen-bond acceptors (Lipinski definition) is 3. The van der Waals surface area contributed by atoms with Crippen LogP contribution in [0.1, 0.15) is 98.8 Å². The number of esters is 1. The maximum absolute atomic E-state index is 12.5. The number of carboxylic acids is 1. The molecule has 0 spiro atoms. The van der Waals surface area contributed by atoms with E-state index in [0.717, 1.165) is 38.5 Å². The van der Waals surface area contributed by atoms with E-state index in [9.17, 15) is 14.7 Å². The lowest BCUT2D eigenvalue weighted by Gasteiger charge is -2.18. The van der Waals surface area contributed by atoms with Crippen LogP contribution in [0.5, 0.6) is 0 Å². The molecular weight excluding hydrogens is 316 g/mol. The molecule has 0 unspecified atom stereocenters. The Kier molecular flexibility index (Phi) is 10.6. The minimum Gasteiger partial charge on any atom is -0.478 e. The largest absolute Gasteiger partial charge is 0.478 e. The van der Waals surface area contributed by atoms with Crippen LogP contribution in [-0.4, -0.2) is 23.1 Å². The van der Waals surface area contributed by atoms with Crippen molar-refractivity contribution in [2.75, 3.05) is 0 Å². The maximum atomic E-state index is 12.5. The van der Waals surface area contributed by atoms with Gasteiger partial charge in [0.25, 0.3) is 0 Å². The second-order valence-corrected chi connectivity index (χ2v) is 6.58.